The molecule has 1 aliphatic rings. The van der Waals surface area contributed by atoms with E-state index in [1.54, 1.807) is 18.2 Å². The predicted molar refractivity (Wildman–Crippen MR) is 133 cm³/mol. The summed E-state index contributed by atoms with van der Waals surface area (Å²) in [5, 5.41) is 3.14. The van der Waals surface area contributed by atoms with E-state index in [1.807, 2.05) is 0 Å². The maximum Gasteiger partial charge on any atom is 0.264 e. The Balaban J connectivity index is 1.63. The standard InChI is InChI=1S/C23H22ClN3O6S2/c1-25-34(29,30)22-13-16(4-10-21(22)33-2)23(28)26-18-7-3-15-11-12-27(20(15)14-18)35(31,32)19-8-5-17(24)6-9-19/h3-10,13-14,25H,11-12H2,1-2H3,(H,26,28). The molecular weight excluding hydrogens is 514 g/mol. The van der Waals surface area contributed by atoms with E-state index in [-0.39, 0.29) is 27.6 Å². The highest BCUT2D eigenvalue weighted by Crippen LogP contribution is 2.35. The van der Waals surface area contributed by atoms with E-state index >= 15 is 0 Å². The molecule has 0 fully saturated rings. The van der Waals surface area contributed by atoms with Crippen LogP contribution in [-0.4, -0.2) is 43.4 Å². The van der Waals surface area contributed by atoms with E-state index in [9.17, 15) is 21.6 Å². The number of sulfonamides is 2. The molecule has 0 radical (unpaired) electrons. The molecule has 4 rings (SSSR count). The van der Waals surface area contributed by atoms with Gasteiger partial charge in [-0.05, 0) is 73.6 Å². The number of hydrogen-bond donors (Lipinski definition) is 2. The number of fused-ring (bicyclic) bond motifs is 1. The lowest BCUT2D eigenvalue weighted by Crippen LogP contribution is -2.29. The Morgan fingerprint density at radius 1 is 1.00 bits per heavy atom. The third-order valence-corrected chi connectivity index (χ3v) is 9.10. The van der Waals surface area contributed by atoms with E-state index < -0.39 is 26.0 Å². The van der Waals surface area contributed by atoms with Crippen molar-refractivity contribution in [1.29, 1.82) is 0 Å². The van der Waals surface area contributed by atoms with Gasteiger partial charge in [0.2, 0.25) is 10.0 Å². The molecule has 1 amide bonds. The fourth-order valence-electron chi connectivity index (χ4n) is 3.75. The molecule has 0 spiro atoms. The van der Waals surface area contributed by atoms with Gasteiger partial charge in [0.15, 0.2) is 0 Å². The number of nitrogens with zero attached hydrogens (tertiary/aromatic N) is 1. The van der Waals surface area contributed by atoms with Gasteiger partial charge in [-0.3, -0.25) is 9.10 Å². The second kappa shape index (κ2) is 9.50. The van der Waals surface area contributed by atoms with Crippen LogP contribution < -0.4 is 19.1 Å². The Labute approximate surface area is 208 Å². The van der Waals surface area contributed by atoms with Crippen LogP contribution in [0.3, 0.4) is 0 Å². The van der Waals surface area contributed by atoms with Gasteiger partial charge in [0, 0.05) is 22.8 Å². The average Bonchev–Trinajstić information content (AvgIpc) is 3.28. The molecule has 0 atom stereocenters. The first-order valence-electron chi connectivity index (χ1n) is 10.4. The van der Waals surface area contributed by atoms with Crippen molar-refractivity contribution < 1.29 is 26.4 Å². The van der Waals surface area contributed by atoms with Crippen molar-refractivity contribution in [1.82, 2.24) is 4.72 Å². The number of hydrogen-bond acceptors (Lipinski definition) is 6. The van der Waals surface area contributed by atoms with E-state index in [1.165, 1.54) is 60.9 Å². The number of carbonyl (C=O) groups excluding carboxylic acids is 1. The third-order valence-electron chi connectivity index (χ3n) is 5.58. The maximum atomic E-state index is 13.2. The maximum absolute atomic E-state index is 13.2. The fourth-order valence-corrected chi connectivity index (χ4v) is 6.29. The summed E-state index contributed by atoms with van der Waals surface area (Å²) in [6.45, 7) is 0.265. The number of methoxy groups -OCH3 is 1. The Bertz CT molecular complexity index is 1510. The SMILES string of the molecule is CNS(=O)(=O)c1cc(C(=O)Nc2ccc3c(c2)N(S(=O)(=O)c2ccc(Cl)cc2)CC3)ccc1OC. The number of nitrogens with one attached hydrogen (secondary N) is 2. The quantitative estimate of drug-likeness (QED) is 0.479. The number of rotatable bonds is 7. The Hall–Kier alpha value is -3.12. The summed E-state index contributed by atoms with van der Waals surface area (Å²) in [6, 6.07) is 15.0. The van der Waals surface area contributed by atoms with E-state index in [0.717, 1.165) is 5.56 Å². The molecule has 12 heteroatoms. The molecule has 0 unspecified atom stereocenters. The number of halogens is 1. The van der Waals surface area contributed by atoms with Crippen molar-refractivity contribution in [2.45, 2.75) is 16.2 Å². The van der Waals surface area contributed by atoms with Crippen molar-refractivity contribution in [3.8, 4) is 5.75 Å². The van der Waals surface area contributed by atoms with Crippen LogP contribution >= 0.6 is 11.6 Å². The van der Waals surface area contributed by atoms with Gasteiger partial charge in [-0.2, -0.15) is 0 Å². The van der Waals surface area contributed by atoms with Crippen LogP contribution in [0.2, 0.25) is 5.02 Å². The van der Waals surface area contributed by atoms with Crippen LogP contribution in [0.5, 0.6) is 5.75 Å². The zero-order valence-corrected chi connectivity index (χ0v) is 21.2. The third kappa shape index (κ3) is 4.85. The molecule has 0 saturated carbocycles. The average molecular weight is 536 g/mol. The molecular formula is C23H22ClN3O6S2. The molecule has 0 saturated heterocycles. The van der Waals surface area contributed by atoms with Crippen LogP contribution in [0, 0.1) is 0 Å². The zero-order valence-electron chi connectivity index (χ0n) is 18.8. The minimum atomic E-state index is -3.87. The van der Waals surface area contributed by atoms with Crippen LogP contribution in [0.1, 0.15) is 15.9 Å². The van der Waals surface area contributed by atoms with Crippen molar-refractivity contribution in [3.05, 3.63) is 76.8 Å². The van der Waals surface area contributed by atoms with Crippen molar-refractivity contribution in [2.24, 2.45) is 0 Å². The van der Waals surface area contributed by atoms with E-state index in [4.69, 9.17) is 16.3 Å². The number of carbonyl (C=O) groups is 1. The molecule has 1 aliphatic heterocycles. The van der Waals surface area contributed by atoms with Gasteiger partial charge in [-0.25, -0.2) is 21.6 Å². The first-order valence-corrected chi connectivity index (χ1v) is 13.7. The van der Waals surface area contributed by atoms with Crippen LogP contribution in [0.15, 0.2) is 70.5 Å². The Morgan fingerprint density at radius 2 is 1.71 bits per heavy atom. The lowest BCUT2D eigenvalue weighted by atomic mass is 10.1. The van der Waals surface area contributed by atoms with Crippen LogP contribution in [-0.2, 0) is 26.5 Å². The zero-order chi connectivity index (χ0) is 25.4. The fraction of sp³-hybridized carbons (Fsp3) is 0.174. The second-order valence-corrected chi connectivity index (χ2v) is 11.8. The first-order chi connectivity index (χ1) is 16.6. The molecule has 35 heavy (non-hydrogen) atoms. The summed E-state index contributed by atoms with van der Waals surface area (Å²) >= 11 is 5.89. The Kier molecular flexibility index (Phi) is 6.78. The lowest BCUT2D eigenvalue weighted by Gasteiger charge is -2.20. The molecule has 3 aromatic carbocycles. The molecule has 1 heterocycles. The minimum Gasteiger partial charge on any atom is -0.495 e. The number of ether oxygens (including phenoxy) is 1. The molecule has 2 N–H and O–H groups in total. The smallest absolute Gasteiger partial charge is 0.264 e. The molecule has 3 aromatic rings. The highest BCUT2D eigenvalue weighted by atomic mass is 35.5. The highest BCUT2D eigenvalue weighted by Gasteiger charge is 2.31. The van der Waals surface area contributed by atoms with Gasteiger partial charge < -0.3 is 10.1 Å². The van der Waals surface area contributed by atoms with Crippen molar-refractivity contribution in [3.63, 3.8) is 0 Å². The topological polar surface area (TPSA) is 122 Å². The normalized spacial score (nSPS) is 13.4. The van der Waals surface area contributed by atoms with E-state index in [2.05, 4.69) is 10.0 Å². The Morgan fingerprint density at radius 3 is 2.37 bits per heavy atom. The van der Waals surface area contributed by atoms with Crippen molar-refractivity contribution in [2.75, 3.05) is 30.3 Å². The van der Waals surface area contributed by atoms with Gasteiger partial charge in [0.05, 0.1) is 17.7 Å². The number of benzene rings is 3. The summed E-state index contributed by atoms with van der Waals surface area (Å²) in [5.74, 6) is -0.471. The lowest BCUT2D eigenvalue weighted by molar-refractivity contribution is 0.102. The van der Waals surface area contributed by atoms with Gasteiger partial charge in [0.25, 0.3) is 15.9 Å². The van der Waals surface area contributed by atoms with Gasteiger partial charge in [-0.15, -0.1) is 0 Å². The predicted octanol–water partition coefficient (Wildman–Crippen LogP) is 3.26. The van der Waals surface area contributed by atoms with Gasteiger partial charge in [-0.1, -0.05) is 17.7 Å². The minimum absolute atomic E-state index is 0.0887. The van der Waals surface area contributed by atoms with Crippen LogP contribution in [0.25, 0.3) is 0 Å². The summed E-state index contributed by atoms with van der Waals surface area (Å²) in [6.07, 6.45) is 0.528. The molecule has 0 aliphatic carbocycles. The first kappa shape index (κ1) is 25.0. The highest BCUT2D eigenvalue weighted by molar-refractivity contribution is 7.92. The summed E-state index contributed by atoms with van der Waals surface area (Å²) in [5.41, 5.74) is 1.74. The number of anilines is 2. The monoisotopic (exact) mass is 535 g/mol. The molecule has 0 aromatic heterocycles. The number of amides is 1. The molecule has 9 nitrogen and oxygen atoms in total. The summed E-state index contributed by atoms with van der Waals surface area (Å²) < 4.78 is 59.6. The van der Waals surface area contributed by atoms with E-state index in [0.29, 0.717) is 22.8 Å². The van der Waals surface area contributed by atoms with Crippen molar-refractivity contribution >= 4 is 48.9 Å². The molecule has 184 valence electrons. The largest absolute Gasteiger partial charge is 0.495 e. The van der Waals surface area contributed by atoms with Gasteiger partial charge >= 0.3 is 0 Å². The summed E-state index contributed by atoms with van der Waals surface area (Å²) in [4.78, 5) is 12.8. The second-order valence-electron chi connectivity index (χ2n) is 7.65. The summed E-state index contributed by atoms with van der Waals surface area (Å²) in [7, 11) is -5.10. The van der Waals surface area contributed by atoms with Crippen LogP contribution in [0.4, 0.5) is 11.4 Å². The molecule has 0 bridgehead atoms. The van der Waals surface area contributed by atoms with Gasteiger partial charge in [0.1, 0.15) is 10.6 Å².